The van der Waals surface area contributed by atoms with Crippen LogP contribution in [0.4, 0.5) is 5.82 Å². The molecular formula is C13H15BrN2O. The number of hydrogen-bond acceptors (Lipinski definition) is 3. The number of aryl methyl sites for hydroxylation is 1. The molecule has 3 nitrogen and oxygen atoms in total. The van der Waals surface area contributed by atoms with E-state index in [-0.39, 0.29) is 6.61 Å². The number of halogens is 1. The molecule has 2 aromatic rings. The van der Waals surface area contributed by atoms with Gasteiger partial charge in [0.1, 0.15) is 5.82 Å². The summed E-state index contributed by atoms with van der Waals surface area (Å²) in [6.45, 7) is 3.00. The molecule has 0 bridgehead atoms. The van der Waals surface area contributed by atoms with E-state index in [0.29, 0.717) is 0 Å². The number of benzene rings is 1. The van der Waals surface area contributed by atoms with Gasteiger partial charge in [-0.15, -0.1) is 0 Å². The molecule has 0 unspecified atom stereocenters. The maximum absolute atomic E-state index is 8.79. The summed E-state index contributed by atoms with van der Waals surface area (Å²) in [6, 6.07) is 6.19. The smallest absolute Gasteiger partial charge is 0.134 e. The van der Waals surface area contributed by atoms with Gasteiger partial charge in [-0.1, -0.05) is 18.2 Å². The van der Waals surface area contributed by atoms with Crippen LogP contribution in [0.2, 0.25) is 0 Å². The molecule has 0 saturated heterocycles. The van der Waals surface area contributed by atoms with Crippen LogP contribution < -0.4 is 5.32 Å². The van der Waals surface area contributed by atoms with Gasteiger partial charge in [0.05, 0.1) is 0 Å². The molecule has 0 saturated carbocycles. The summed E-state index contributed by atoms with van der Waals surface area (Å²) >= 11 is 3.52. The van der Waals surface area contributed by atoms with Crippen LogP contribution in [0.3, 0.4) is 0 Å². The third-order valence-electron chi connectivity index (χ3n) is 2.70. The van der Waals surface area contributed by atoms with Crippen molar-refractivity contribution in [2.75, 3.05) is 18.5 Å². The molecule has 90 valence electrons. The first-order valence-corrected chi connectivity index (χ1v) is 6.42. The highest BCUT2D eigenvalue weighted by Crippen LogP contribution is 2.30. The van der Waals surface area contributed by atoms with Crippen LogP contribution >= 0.6 is 15.9 Å². The van der Waals surface area contributed by atoms with E-state index < -0.39 is 0 Å². The second kappa shape index (κ2) is 5.47. The number of pyridine rings is 1. The number of nitrogens with one attached hydrogen (secondary N) is 1. The van der Waals surface area contributed by atoms with Gasteiger partial charge in [0.15, 0.2) is 0 Å². The number of aliphatic hydroxyl groups excluding tert-OH is 1. The molecule has 2 rings (SSSR count). The van der Waals surface area contributed by atoms with Crippen molar-refractivity contribution >= 4 is 32.5 Å². The molecule has 0 aliphatic carbocycles. The Bertz CT molecular complexity index is 528. The molecule has 1 heterocycles. The molecule has 4 heteroatoms. The van der Waals surface area contributed by atoms with E-state index in [4.69, 9.17) is 5.11 Å². The molecule has 0 aliphatic heterocycles. The van der Waals surface area contributed by atoms with E-state index in [1.807, 2.05) is 12.3 Å². The normalized spacial score (nSPS) is 10.8. The van der Waals surface area contributed by atoms with Crippen LogP contribution in [0.25, 0.3) is 10.8 Å². The lowest BCUT2D eigenvalue weighted by molar-refractivity contribution is 0.292. The van der Waals surface area contributed by atoms with Gasteiger partial charge in [0, 0.05) is 34.6 Å². The fourth-order valence-electron chi connectivity index (χ4n) is 1.86. The minimum absolute atomic E-state index is 0.195. The molecule has 0 radical (unpaired) electrons. The summed E-state index contributed by atoms with van der Waals surface area (Å²) in [5, 5.41) is 14.4. The maximum Gasteiger partial charge on any atom is 0.134 e. The zero-order chi connectivity index (χ0) is 12.3. The highest BCUT2D eigenvalue weighted by molar-refractivity contribution is 9.10. The van der Waals surface area contributed by atoms with Gasteiger partial charge in [-0.2, -0.15) is 0 Å². The Balaban J connectivity index is 2.45. The standard InChI is InChI=1S/C13H15BrN2O/c1-9-4-2-5-10-11(14)8-16-13(12(9)10)15-6-3-7-17/h2,4-5,8,17H,3,6-7H2,1H3,(H,15,16). The van der Waals surface area contributed by atoms with Crippen molar-refractivity contribution in [3.63, 3.8) is 0 Å². The van der Waals surface area contributed by atoms with E-state index in [1.54, 1.807) is 0 Å². The first-order valence-electron chi connectivity index (χ1n) is 5.62. The van der Waals surface area contributed by atoms with Crippen LogP contribution in [0, 0.1) is 6.92 Å². The second-order valence-corrected chi connectivity index (χ2v) is 4.81. The molecule has 0 fully saturated rings. The number of fused-ring (bicyclic) bond motifs is 1. The Morgan fingerprint density at radius 1 is 1.41 bits per heavy atom. The number of nitrogens with zero attached hydrogens (tertiary/aromatic N) is 1. The van der Waals surface area contributed by atoms with Crippen LogP contribution in [0.15, 0.2) is 28.9 Å². The monoisotopic (exact) mass is 294 g/mol. The van der Waals surface area contributed by atoms with E-state index in [2.05, 4.69) is 45.3 Å². The molecule has 0 atom stereocenters. The van der Waals surface area contributed by atoms with Crippen LogP contribution in [-0.4, -0.2) is 23.2 Å². The molecule has 0 amide bonds. The molecule has 0 aliphatic rings. The minimum Gasteiger partial charge on any atom is -0.396 e. The summed E-state index contributed by atoms with van der Waals surface area (Å²) in [4.78, 5) is 4.40. The fraction of sp³-hybridized carbons (Fsp3) is 0.308. The van der Waals surface area contributed by atoms with Crippen molar-refractivity contribution in [1.82, 2.24) is 4.98 Å². The largest absolute Gasteiger partial charge is 0.396 e. The Morgan fingerprint density at radius 2 is 2.24 bits per heavy atom. The van der Waals surface area contributed by atoms with Gasteiger partial charge in [0.2, 0.25) is 0 Å². The predicted octanol–water partition coefficient (Wildman–Crippen LogP) is 3.10. The molecule has 1 aromatic heterocycles. The molecular weight excluding hydrogens is 280 g/mol. The summed E-state index contributed by atoms with van der Waals surface area (Å²) in [5.74, 6) is 0.884. The van der Waals surface area contributed by atoms with E-state index in [1.165, 1.54) is 5.56 Å². The summed E-state index contributed by atoms with van der Waals surface area (Å²) in [7, 11) is 0. The average molecular weight is 295 g/mol. The van der Waals surface area contributed by atoms with Gasteiger partial charge in [-0.3, -0.25) is 0 Å². The number of aromatic nitrogens is 1. The fourth-order valence-corrected chi connectivity index (χ4v) is 2.29. The molecule has 2 N–H and O–H groups in total. The van der Waals surface area contributed by atoms with E-state index in [9.17, 15) is 0 Å². The van der Waals surface area contributed by atoms with Gasteiger partial charge in [-0.05, 0) is 34.8 Å². The van der Waals surface area contributed by atoms with Crippen molar-refractivity contribution in [2.24, 2.45) is 0 Å². The first-order chi connectivity index (χ1) is 8.24. The van der Waals surface area contributed by atoms with E-state index >= 15 is 0 Å². The second-order valence-electron chi connectivity index (χ2n) is 3.96. The number of rotatable bonds is 4. The molecule has 0 spiro atoms. The minimum atomic E-state index is 0.195. The average Bonchev–Trinajstić information content (AvgIpc) is 2.33. The molecule has 17 heavy (non-hydrogen) atoms. The lowest BCUT2D eigenvalue weighted by Gasteiger charge is -2.11. The van der Waals surface area contributed by atoms with Crippen molar-refractivity contribution in [3.8, 4) is 0 Å². The maximum atomic E-state index is 8.79. The predicted molar refractivity (Wildman–Crippen MR) is 74.4 cm³/mol. The van der Waals surface area contributed by atoms with Crippen LogP contribution in [0.1, 0.15) is 12.0 Å². The lowest BCUT2D eigenvalue weighted by atomic mass is 10.1. The highest BCUT2D eigenvalue weighted by Gasteiger charge is 2.07. The number of aliphatic hydroxyl groups is 1. The third kappa shape index (κ3) is 2.58. The van der Waals surface area contributed by atoms with Gasteiger partial charge in [-0.25, -0.2) is 4.98 Å². The van der Waals surface area contributed by atoms with Crippen molar-refractivity contribution in [1.29, 1.82) is 0 Å². The van der Waals surface area contributed by atoms with Crippen molar-refractivity contribution < 1.29 is 5.11 Å². The summed E-state index contributed by atoms with van der Waals surface area (Å²) in [6.07, 6.45) is 2.54. The molecule has 1 aromatic carbocycles. The summed E-state index contributed by atoms with van der Waals surface area (Å²) in [5.41, 5.74) is 1.20. The topological polar surface area (TPSA) is 45.2 Å². The zero-order valence-corrected chi connectivity index (χ0v) is 11.3. The van der Waals surface area contributed by atoms with Gasteiger partial charge in [0.25, 0.3) is 0 Å². The Labute approximate surface area is 109 Å². The van der Waals surface area contributed by atoms with Crippen molar-refractivity contribution in [3.05, 3.63) is 34.4 Å². The van der Waals surface area contributed by atoms with Gasteiger partial charge < -0.3 is 10.4 Å². The van der Waals surface area contributed by atoms with E-state index in [0.717, 1.165) is 34.0 Å². The lowest BCUT2D eigenvalue weighted by Crippen LogP contribution is -2.06. The first kappa shape index (κ1) is 12.3. The Morgan fingerprint density at radius 3 is 3.00 bits per heavy atom. The quantitative estimate of drug-likeness (QED) is 0.852. The number of anilines is 1. The highest BCUT2D eigenvalue weighted by atomic mass is 79.9. The van der Waals surface area contributed by atoms with Gasteiger partial charge >= 0.3 is 0 Å². The SMILES string of the molecule is Cc1cccc2c(Br)cnc(NCCCO)c12. The zero-order valence-electron chi connectivity index (χ0n) is 9.70. The Hall–Kier alpha value is -1.13. The summed E-state index contributed by atoms with van der Waals surface area (Å²) < 4.78 is 1.00. The third-order valence-corrected chi connectivity index (χ3v) is 3.33. The van der Waals surface area contributed by atoms with Crippen molar-refractivity contribution in [2.45, 2.75) is 13.3 Å². The van der Waals surface area contributed by atoms with Crippen LogP contribution in [-0.2, 0) is 0 Å². The van der Waals surface area contributed by atoms with Crippen LogP contribution in [0.5, 0.6) is 0 Å². The Kier molecular flexibility index (Phi) is 3.97. The number of hydrogen-bond donors (Lipinski definition) is 2.